The predicted molar refractivity (Wildman–Crippen MR) is 75.3 cm³/mol. The molecule has 1 heterocycles. The maximum Gasteiger partial charge on any atom is 0.307 e. The number of carboxylic acid groups (broad SMARTS) is 1. The number of carboxylic acids is 1. The van der Waals surface area contributed by atoms with Gasteiger partial charge in [0.2, 0.25) is 5.78 Å². The Morgan fingerprint density at radius 1 is 1.30 bits per heavy atom. The van der Waals surface area contributed by atoms with Crippen LogP contribution >= 0.6 is 0 Å². The van der Waals surface area contributed by atoms with Crippen LogP contribution in [0.4, 0.5) is 0 Å². The summed E-state index contributed by atoms with van der Waals surface area (Å²) in [4.78, 5) is 25.5. The maximum atomic E-state index is 12.5. The van der Waals surface area contributed by atoms with Crippen LogP contribution < -0.4 is 0 Å². The zero-order chi connectivity index (χ0) is 14.4. The lowest BCUT2D eigenvalue weighted by Crippen LogP contribution is -2.28. The summed E-state index contributed by atoms with van der Waals surface area (Å²) in [5.41, 5.74) is 4.76. The monoisotopic (exact) mass is 269 g/mol. The number of carbonyl (C=O) groups excluding carboxylic acids is 1. The van der Waals surface area contributed by atoms with Gasteiger partial charge in [-0.25, -0.2) is 0 Å². The van der Waals surface area contributed by atoms with Gasteiger partial charge in [0, 0.05) is 24.7 Å². The van der Waals surface area contributed by atoms with Gasteiger partial charge in [0.25, 0.3) is 0 Å². The first kappa shape index (κ1) is 12.7. The van der Waals surface area contributed by atoms with Gasteiger partial charge in [-0.1, -0.05) is 24.3 Å². The van der Waals surface area contributed by atoms with Gasteiger partial charge in [0.15, 0.2) is 0 Å². The van der Waals surface area contributed by atoms with Crippen LogP contribution in [0.5, 0.6) is 0 Å². The number of fused-ring (bicyclic) bond motifs is 2. The van der Waals surface area contributed by atoms with E-state index in [1.54, 1.807) is 6.07 Å². The van der Waals surface area contributed by atoms with E-state index in [2.05, 4.69) is 0 Å². The largest absolute Gasteiger partial charge is 0.481 e. The van der Waals surface area contributed by atoms with Crippen LogP contribution in [0, 0.1) is 0 Å². The van der Waals surface area contributed by atoms with E-state index < -0.39 is 5.97 Å². The Balaban J connectivity index is 2.24. The van der Waals surface area contributed by atoms with Crippen molar-refractivity contribution in [2.24, 2.45) is 0 Å². The number of ketones is 1. The number of Topliss-reactive ketones (excluding diaryl/α,β-unsaturated/α-hetero) is 1. The van der Waals surface area contributed by atoms with Crippen molar-refractivity contribution in [1.82, 2.24) is 4.90 Å². The highest BCUT2D eigenvalue weighted by molar-refractivity contribution is 6.23. The number of hydrogen-bond donors (Lipinski definition) is 1. The summed E-state index contributed by atoms with van der Waals surface area (Å²) in [5.74, 6) is -0.874. The number of aliphatic carboxylic acids is 1. The Hall–Kier alpha value is -2.36. The molecule has 0 unspecified atom stereocenters. The smallest absolute Gasteiger partial charge is 0.307 e. The molecule has 20 heavy (non-hydrogen) atoms. The van der Waals surface area contributed by atoms with E-state index >= 15 is 0 Å². The van der Waals surface area contributed by atoms with E-state index in [4.69, 9.17) is 5.11 Å². The van der Waals surface area contributed by atoms with Crippen LogP contribution in [0.25, 0.3) is 5.57 Å². The number of allylic oxidation sites excluding steroid dienone is 2. The van der Waals surface area contributed by atoms with Crippen molar-refractivity contribution >= 4 is 17.3 Å². The summed E-state index contributed by atoms with van der Waals surface area (Å²) >= 11 is 0. The molecule has 1 aromatic rings. The first-order valence-corrected chi connectivity index (χ1v) is 6.51. The Morgan fingerprint density at radius 3 is 2.60 bits per heavy atom. The Labute approximate surface area is 117 Å². The van der Waals surface area contributed by atoms with Gasteiger partial charge in [0.05, 0.1) is 12.1 Å². The first-order chi connectivity index (χ1) is 9.50. The van der Waals surface area contributed by atoms with Gasteiger partial charge in [-0.15, -0.1) is 0 Å². The van der Waals surface area contributed by atoms with E-state index in [1.165, 1.54) is 0 Å². The average Bonchev–Trinajstić information content (AvgIpc) is 2.69. The Morgan fingerprint density at radius 2 is 1.95 bits per heavy atom. The number of carbonyl (C=O) groups is 2. The van der Waals surface area contributed by atoms with Crippen molar-refractivity contribution in [2.75, 3.05) is 13.6 Å². The molecule has 102 valence electrons. The van der Waals surface area contributed by atoms with E-state index in [0.717, 1.165) is 22.3 Å². The van der Waals surface area contributed by atoms with Gasteiger partial charge in [-0.2, -0.15) is 0 Å². The molecule has 0 fully saturated rings. The molecule has 2 aliphatic rings. The first-order valence-electron chi connectivity index (χ1n) is 6.51. The number of nitrogens with zero attached hydrogens (tertiary/aromatic N) is 1. The van der Waals surface area contributed by atoms with Crippen molar-refractivity contribution in [2.45, 2.75) is 13.3 Å². The molecule has 4 heteroatoms. The molecule has 1 aromatic carbocycles. The molecule has 0 bridgehead atoms. The molecule has 1 aliphatic carbocycles. The van der Waals surface area contributed by atoms with Crippen molar-refractivity contribution in [3.8, 4) is 0 Å². The van der Waals surface area contributed by atoms with Crippen LogP contribution in [-0.4, -0.2) is 35.4 Å². The summed E-state index contributed by atoms with van der Waals surface area (Å²) in [6, 6.07) is 7.41. The average molecular weight is 269 g/mol. The highest BCUT2D eigenvalue weighted by Crippen LogP contribution is 2.43. The SMILES string of the molecule is CC1=C(CC(=O)O)C2=C(C(=O)c3ccccc32)N(C)C1. The van der Waals surface area contributed by atoms with E-state index in [-0.39, 0.29) is 12.2 Å². The fraction of sp³-hybridized carbons (Fsp3) is 0.250. The predicted octanol–water partition coefficient (Wildman–Crippen LogP) is 2.33. The summed E-state index contributed by atoms with van der Waals surface area (Å²) in [6.07, 6.45) is -0.0415. The highest BCUT2D eigenvalue weighted by atomic mass is 16.4. The maximum absolute atomic E-state index is 12.5. The third kappa shape index (κ3) is 1.68. The molecule has 0 aromatic heterocycles. The van der Waals surface area contributed by atoms with Gasteiger partial charge in [-0.3, -0.25) is 9.59 Å². The van der Waals surface area contributed by atoms with Gasteiger partial charge in [0.1, 0.15) is 0 Å². The van der Waals surface area contributed by atoms with Crippen LogP contribution in [0.1, 0.15) is 29.3 Å². The quantitative estimate of drug-likeness (QED) is 0.895. The molecule has 0 amide bonds. The molecular formula is C16H15NO3. The Kier molecular flexibility index (Phi) is 2.74. The second-order valence-electron chi connectivity index (χ2n) is 5.28. The molecule has 1 aliphatic heterocycles. The Bertz CT molecular complexity index is 697. The van der Waals surface area contributed by atoms with E-state index in [1.807, 2.05) is 37.1 Å². The highest BCUT2D eigenvalue weighted by Gasteiger charge is 2.36. The fourth-order valence-electron chi connectivity index (χ4n) is 3.07. The minimum atomic E-state index is -0.868. The summed E-state index contributed by atoms with van der Waals surface area (Å²) < 4.78 is 0. The van der Waals surface area contributed by atoms with Gasteiger partial charge in [-0.05, 0) is 23.6 Å². The molecular weight excluding hydrogens is 254 g/mol. The molecule has 3 rings (SSSR count). The minimum absolute atomic E-state index is 0.00603. The lowest BCUT2D eigenvalue weighted by Gasteiger charge is -2.29. The second kappa shape index (κ2) is 4.34. The third-order valence-corrected chi connectivity index (χ3v) is 3.89. The zero-order valence-corrected chi connectivity index (χ0v) is 11.4. The molecule has 0 saturated carbocycles. The molecule has 0 radical (unpaired) electrons. The van der Waals surface area contributed by atoms with Gasteiger partial charge >= 0.3 is 5.97 Å². The number of hydrogen-bond acceptors (Lipinski definition) is 3. The topological polar surface area (TPSA) is 57.6 Å². The normalized spacial score (nSPS) is 17.5. The van der Waals surface area contributed by atoms with Crippen molar-refractivity contribution in [1.29, 1.82) is 0 Å². The molecule has 0 atom stereocenters. The lowest BCUT2D eigenvalue weighted by molar-refractivity contribution is -0.136. The van der Waals surface area contributed by atoms with E-state index in [9.17, 15) is 9.59 Å². The molecule has 4 nitrogen and oxygen atoms in total. The van der Waals surface area contributed by atoms with Crippen molar-refractivity contribution in [3.05, 3.63) is 52.2 Å². The lowest BCUT2D eigenvalue weighted by atomic mass is 9.90. The van der Waals surface area contributed by atoms with Crippen molar-refractivity contribution < 1.29 is 14.7 Å². The fourth-order valence-corrected chi connectivity index (χ4v) is 3.07. The number of likely N-dealkylation sites (N-methyl/N-ethyl adjacent to an activating group) is 1. The van der Waals surface area contributed by atoms with Crippen LogP contribution in [0.2, 0.25) is 0 Å². The molecule has 1 N–H and O–H groups in total. The summed E-state index contributed by atoms with van der Waals surface area (Å²) in [5, 5.41) is 9.13. The van der Waals surface area contributed by atoms with Crippen LogP contribution in [0.3, 0.4) is 0 Å². The van der Waals surface area contributed by atoms with Crippen LogP contribution in [-0.2, 0) is 4.79 Å². The number of benzene rings is 1. The third-order valence-electron chi connectivity index (χ3n) is 3.89. The van der Waals surface area contributed by atoms with Crippen molar-refractivity contribution in [3.63, 3.8) is 0 Å². The summed E-state index contributed by atoms with van der Waals surface area (Å²) in [6.45, 7) is 2.53. The standard InChI is InChI=1S/C16H15NO3/c1-9-8-17(2)15-14(12(9)7-13(18)19)10-5-3-4-6-11(10)16(15)20/h3-6H,7-8H2,1-2H3,(H,18,19). The molecule has 0 spiro atoms. The molecule has 0 saturated heterocycles. The van der Waals surface area contributed by atoms with Crippen LogP contribution in [0.15, 0.2) is 41.1 Å². The number of rotatable bonds is 2. The summed E-state index contributed by atoms with van der Waals surface area (Å²) in [7, 11) is 1.88. The van der Waals surface area contributed by atoms with E-state index in [0.29, 0.717) is 17.8 Å². The minimum Gasteiger partial charge on any atom is -0.481 e. The zero-order valence-electron chi connectivity index (χ0n) is 11.4. The second-order valence-corrected chi connectivity index (χ2v) is 5.28. The van der Waals surface area contributed by atoms with Gasteiger partial charge < -0.3 is 10.0 Å².